The molecule has 112 valence electrons. The first-order valence-corrected chi connectivity index (χ1v) is 6.35. The Morgan fingerprint density at radius 3 is 2.43 bits per heavy atom. The van der Waals surface area contributed by atoms with E-state index in [0.29, 0.717) is 5.82 Å². The third kappa shape index (κ3) is 3.62. The second-order valence-electron chi connectivity index (χ2n) is 4.86. The van der Waals surface area contributed by atoms with E-state index in [1.165, 1.54) is 24.3 Å². The number of rotatable bonds is 3. The lowest BCUT2D eigenvalue weighted by Crippen LogP contribution is -2.10. The second kappa shape index (κ2) is 5.59. The number of alkyl halides is 3. The Bertz CT molecular complexity index is 638. The van der Waals surface area contributed by atoms with Gasteiger partial charge >= 0.3 is 6.18 Å². The smallest absolute Gasteiger partial charge is 0.384 e. The van der Waals surface area contributed by atoms with Crippen molar-refractivity contribution < 1.29 is 13.2 Å². The van der Waals surface area contributed by atoms with Crippen molar-refractivity contribution in [2.45, 2.75) is 25.9 Å². The molecule has 0 aliphatic carbocycles. The number of hydrogen-bond donors (Lipinski definition) is 2. The maximum atomic E-state index is 12.9. The zero-order chi connectivity index (χ0) is 15.6. The quantitative estimate of drug-likeness (QED) is 0.900. The minimum absolute atomic E-state index is 0.0203. The van der Waals surface area contributed by atoms with Crippen LogP contribution in [0.2, 0.25) is 0 Å². The summed E-state index contributed by atoms with van der Waals surface area (Å²) in [5.41, 5.74) is 4.83. The van der Waals surface area contributed by atoms with Gasteiger partial charge < -0.3 is 11.1 Å². The number of nitrogens with zero attached hydrogens (tertiary/aromatic N) is 2. The highest BCUT2D eigenvalue weighted by molar-refractivity contribution is 5.63. The molecule has 0 unspecified atom stereocenters. The van der Waals surface area contributed by atoms with Crippen LogP contribution in [0.25, 0.3) is 0 Å². The van der Waals surface area contributed by atoms with Crippen LogP contribution in [0, 0.1) is 0 Å². The van der Waals surface area contributed by atoms with Gasteiger partial charge in [0.2, 0.25) is 0 Å². The van der Waals surface area contributed by atoms with Gasteiger partial charge in [-0.1, -0.05) is 26.0 Å². The molecule has 4 nitrogen and oxygen atoms in total. The lowest BCUT2D eigenvalue weighted by molar-refractivity contribution is -0.136. The van der Waals surface area contributed by atoms with E-state index in [0.717, 1.165) is 6.07 Å². The first-order chi connectivity index (χ1) is 9.77. The molecule has 0 amide bonds. The van der Waals surface area contributed by atoms with Crippen molar-refractivity contribution in [1.82, 2.24) is 9.97 Å². The van der Waals surface area contributed by atoms with Gasteiger partial charge in [-0.3, -0.25) is 0 Å². The van der Waals surface area contributed by atoms with Gasteiger partial charge in [0, 0.05) is 12.0 Å². The van der Waals surface area contributed by atoms with E-state index in [9.17, 15) is 13.2 Å². The number of nitrogens with one attached hydrogen (secondary N) is 1. The number of halogens is 3. The highest BCUT2D eigenvalue weighted by Gasteiger charge is 2.33. The largest absolute Gasteiger partial charge is 0.418 e. The Morgan fingerprint density at radius 2 is 1.81 bits per heavy atom. The summed E-state index contributed by atoms with van der Waals surface area (Å²) >= 11 is 0. The third-order valence-corrected chi connectivity index (χ3v) is 2.77. The molecule has 7 heteroatoms. The average Bonchev–Trinajstić information content (AvgIpc) is 2.37. The number of para-hydroxylation sites is 1. The average molecular weight is 296 g/mol. The number of hydrogen-bond acceptors (Lipinski definition) is 4. The van der Waals surface area contributed by atoms with Crippen molar-refractivity contribution in [3.8, 4) is 0 Å². The number of anilines is 3. The molecule has 0 fully saturated rings. The van der Waals surface area contributed by atoms with Crippen LogP contribution in [0.1, 0.15) is 31.2 Å². The molecule has 1 aromatic carbocycles. The lowest BCUT2D eigenvalue weighted by atomic mass is 10.1. The van der Waals surface area contributed by atoms with Crippen LogP contribution in [0.4, 0.5) is 30.5 Å². The Balaban J connectivity index is 2.39. The zero-order valence-corrected chi connectivity index (χ0v) is 11.6. The molecule has 0 saturated heterocycles. The Kier molecular flexibility index (Phi) is 4.02. The highest BCUT2D eigenvalue weighted by Crippen LogP contribution is 2.35. The Morgan fingerprint density at radius 1 is 1.14 bits per heavy atom. The van der Waals surface area contributed by atoms with E-state index < -0.39 is 11.7 Å². The van der Waals surface area contributed by atoms with E-state index >= 15 is 0 Å². The summed E-state index contributed by atoms with van der Waals surface area (Å²) in [6, 6.07) is 6.61. The molecule has 0 atom stereocenters. The molecule has 0 bridgehead atoms. The van der Waals surface area contributed by atoms with Crippen molar-refractivity contribution in [2.24, 2.45) is 0 Å². The highest BCUT2D eigenvalue weighted by atomic mass is 19.4. The van der Waals surface area contributed by atoms with Crippen molar-refractivity contribution in [3.63, 3.8) is 0 Å². The van der Waals surface area contributed by atoms with Crippen LogP contribution in [0.3, 0.4) is 0 Å². The number of benzene rings is 1. The molecule has 0 spiro atoms. The summed E-state index contributed by atoms with van der Waals surface area (Å²) in [6.45, 7) is 3.75. The van der Waals surface area contributed by atoms with Gasteiger partial charge in [-0.05, 0) is 12.1 Å². The van der Waals surface area contributed by atoms with Gasteiger partial charge in [-0.15, -0.1) is 0 Å². The van der Waals surface area contributed by atoms with Gasteiger partial charge in [-0.25, -0.2) is 9.97 Å². The van der Waals surface area contributed by atoms with E-state index in [1.807, 2.05) is 13.8 Å². The molecule has 0 radical (unpaired) electrons. The molecule has 0 aliphatic rings. The number of aromatic nitrogens is 2. The summed E-state index contributed by atoms with van der Waals surface area (Å²) < 4.78 is 38.8. The van der Waals surface area contributed by atoms with E-state index in [2.05, 4.69) is 15.3 Å². The van der Waals surface area contributed by atoms with Crippen molar-refractivity contribution in [2.75, 3.05) is 11.1 Å². The van der Waals surface area contributed by atoms with E-state index in [4.69, 9.17) is 5.73 Å². The first kappa shape index (κ1) is 15.1. The summed E-state index contributed by atoms with van der Waals surface area (Å²) in [5.74, 6) is 0.942. The third-order valence-electron chi connectivity index (χ3n) is 2.77. The molecular formula is C14H15F3N4. The fourth-order valence-corrected chi connectivity index (χ4v) is 1.78. The Hall–Kier alpha value is -2.31. The van der Waals surface area contributed by atoms with Gasteiger partial charge in [-0.2, -0.15) is 13.2 Å². The van der Waals surface area contributed by atoms with Crippen molar-refractivity contribution in [3.05, 3.63) is 41.7 Å². The van der Waals surface area contributed by atoms with Crippen LogP contribution in [0.15, 0.2) is 30.3 Å². The van der Waals surface area contributed by atoms with Crippen LogP contribution in [0.5, 0.6) is 0 Å². The Labute approximate surface area is 120 Å². The molecule has 3 N–H and O–H groups in total. The monoisotopic (exact) mass is 296 g/mol. The van der Waals surface area contributed by atoms with Gasteiger partial charge in [0.1, 0.15) is 17.5 Å². The maximum Gasteiger partial charge on any atom is 0.418 e. The van der Waals surface area contributed by atoms with Crippen LogP contribution >= 0.6 is 0 Å². The zero-order valence-electron chi connectivity index (χ0n) is 11.6. The minimum atomic E-state index is -4.44. The van der Waals surface area contributed by atoms with Crippen molar-refractivity contribution in [1.29, 1.82) is 0 Å². The molecule has 1 heterocycles. The summed E-state index contributed by atoms with van der Waals surface area (Å²) in [7, 11) is 0. The van der Waals surface area contributed by atoms with E-state index in [-0.39, 0.29) is 23.2 Å². The van der Waals surface area contributed by atoms with Crippen molar-refractivity contribution >= 4 is 17.3 Å². The predicted molar refractivity (Wildman–Crippen MR) is 75.3 cm³/mol. The predicted octanol–water partition coefficient (Wildman–Crippen LogP) is 3.94. The number of nitrogen functional groups attached to an aromatic ring is 1. The maximum absolute atomic E-state index is 12.9. The fraction of sp³-hybridized carbons (Fsp3) is 0.286. The fourth-order valence-electron chi connectivity index (χ4n) is 1.78. The molecule has 21 heavy (non-hydrogen) atoms. The topological polar surface area (TPSA) is 63.8 Å². The summed E-state index contributed by atoms with van der Waals surface area (Å²) in [6.07, 6.45) is -4.44. The number of nitrogens with two attached hydrogens (primary N) is 1. The van der Waals surface area contributed by atoms with Crippen LogP contribution in [-0.2, 0) is 6.18 Å². The lowest BCUT2D eigenvalue weighted by Gasteiger charge is -2.15. The standard InChI is InChI=1S/C14H15F3N4/c1-8(2)13-20-11(18)7-12(21-13)19-10-6-4-3-5-9(10)14(15,16)17/h3-8H,1-2H3,(H3,18,19,20,21). The molecule has 2 rings (SSSR count). The molecule has 0 aliphatic heterocycles. The van der Waals surface area contributed by atoms with Gasteiger partial charge in [0.25, 0.3) is 0 Å². The minimum Gasteiger partial charge on any atom is -0.384 e. The molecular weight excluding hydrogens is 281 g/mol. The molecule has 1 aromatic heterocycles. The van der Waals surface area contributed by atoms with Gasteiger partial charge in [0.15, 0.2) is 0 Å². The van der Waals surface area contributed by atoms with Crippen LogP contribution in [-0.4, -0.2) is 9.97 Å². The first-order valence-electron chi connectivity index (χ1n) is 6.35. The summed E-state index contributed by atoms with van der Waals surface area (Å²) in [4.78, 5) is 8.23. The SMILES string of the molecule is CC(C)c1nc(N)cc(Nc2ccccc2C(F)(F)F)n1. The molecule has 2 aromatic rings. The van der Waals surface area contributed by atoms with Gasteiger partial charge in [0.05, 0.1) is 11.3 Å². The normalized spacial score (nSPS) is 11.7. The second-order valence-corrected chi connectivity index (χ2v) is 4.86. The summed E-state index contributed by atoms with van der Waals surface area (Å²) in [5, 5.41) is 2.66. The van der Waals surface area contributed by atoms with E-state index in [1.54, 1.807) is 0 Å². The molecule has 0 saturated carbocycles. The van der Waals surface area contributed by atoms with Crippen LogP contribution < -0.4 is 11.1 Å².